The zero-order valence-corrected chi connectivity index (χ0v) is 14.2. The van der Waals surface area contributed by atoms with Gasteiger partial charge in [0.15, 0.2) is 17.3 Å². The molecule has 1 aliphatic rings. The minimum Gasteiger partial charge on any atom is -0.294 e. The Morgan fingerprint density at radius 1 is 0.800 bits per heavy atom. The maximum absolute atomic E-state index is 13.0. The van der Waals surface area contributed by atoms with Crippen LogP contribution in [0, 0.1) is 0 Å². The lowest BCUT2D eigenvalue weighted by atomic mass is 9.79. The van der Waals surface area contributed by atoms with Crippen LogP contribution in [0.15, 0.2) is 60.2 Å². The van der Waals surface area contributed by atoms with Gasteiger partial charge < -0.3 is 0 Å². The van der Waals surface area contributed by atoms with Crippen molar-refractivity contribution in [2.45, 2.75) is 32.6 Å². The Morgan fingerprint density at radius 3 is 2.04 bits per heavy atom. The molecule has 3 nitrogen and oxygen atoms in total. The molecule has 1 aliphatic carbocycles. The standard InChI is InChI=1S/C22H20O3/c1-2-3-5-14-18(23)20-19(15-10-6-4-7-11-15)21(24)16-12-8-9-13-17(16)22(20)25/h4,6-13H,2-3,5,14H2,1H3. The smallest absolute Gasteiger partial charge is 0.198 e. The average molecular weight is 332 g/mol. The van der Waals surface area contributed by atoms with Crippen LogP contribution in [0.4, 0.5) is 0 Å². The fourth-order valence-corrected chi connectivity index (χ4v) is 3.18. The van der Waals surface area contributed by atoms with Gasteiger partial charge in [0.25, 0.3) is 0 Å². The van der Waals surface area contributed by atoms with Gasteiger partial charge in [-0.25, -0.2) is 0 Å². The van der Waals surface area contributed by atoms with Crippen LogP contribution >= 0.6 is 0 Å². The first-order valence-corrected chi connectivity index (χ1v) is 8.66. The Labute approximate surface area is 147 Å². The van der Waals surface area contributed by atoms with E-state index in [1.807, 2.05) is 6.07 Å². The summed E-state index contributed by atoms with van der Waals surface area (Å²) in [6.07, 6.45) is 2.94. The van der Waals surface area contributed by atoms with Crippen molar-refractivity contribution in [3.05, 3.63) is 76.9 Å². The van der Waals surface area contributed by atoms with Crippen LogP contribution in [0.1, 0.15) is 58.9 Å². The fraction of sp³-hybridized carbons (Fsp3) is 0.227. The quantitative estimate of drug-likeness (QED) is 0.570. The van der Waals surface area contributed by atoms with Crippen molar-refractivity contribution in [3.63, 3.8) is 0 Å². The van der Waals surface area contributed by atoms with Gasteiger partial charge in [-0.1, -0.05) is 74.4 Å². The first kappa shape index (κ1) is 17.0. The van der Waals surface area contributed by atoms with Gasteiger partial charge in [0.1, 0.15) is 0 Å². The minimum atomic E-state index is -0.337. The first-order valence-electron chi connectivity index (χ1n) is 8.66. The summed E-state index contributed by atoms with van der Waals surface area (Å²) in [5.74, 6) is -0.823. The van der Waals surface area contributed by atoms with E-state index in [0.29, 0.717) is 23.1 Å². The highest BCUT2D eigenvalue weighted by atomic mass is 16.2. The first-order chi connectivity index (χ1) is 12.1. The van der Waals surface area contributed by atoms with Gasteiger partial charge in [-0.15, -0.1) is 0 Å². The molecule has 0 aromatic heterocycles. The monoisotopic (exact) mass is 332 g/mol. The lowest BCUT2D eigenvalue weighted by Crippen LogP contribution is -2.26. The summed E-state index contributed by atoms with van der Waals surface area (Å²) in [6, 6.07) is 15.7. The average Bonchev–Trinajstić information content (AvgIpc) is 2.65. The molecule has 126 valence electrons. The van der Waals surface area contributed by atoms with Crippen LogP contribution in [0.25, 0.3) is 5.57 Å². The Kier molecular flexibility index (Phi) is 5.03. The summed E-state index contributed by atoms with van der Waals surface area (Å²) in [7, 11) is 0. The summed E-state index contributed by atoms with van der Waals surface area (Å²) in [4.78, 5) is 38.8. The third-order valence-electron chi connectivity index (χ3n) is 4.47. The minimum absolute atomic E-state index is 0.0472. The van der Waals surface area contributed by atoms with E-state index >= 15 is 0 Å². The molecule has 0 saturated heterocycles. The zero-order chi connectivity index (χ0) is 17.8. The molecule has 0 unspecified atom stereocenters. The Bertz CT molecular complexity index is 860. The molecule has 0 saturated carbocycles. The number of allylic oxidation sites excluding steroid dienone is 2. The highest BCUT2D eigenvalue weighted by Crippen LogP contribution is 2.33. The molecule has 0 amide bonds. The lowest BCUT2D eigenvalue weighted by molar-refractivity contribution is -0.115. The van der Waals surface area contributed by atoms with Crippen molar-refractivity contribution >= 4 is 22.9 Å². The third kappa shape index (κ3) is 3.22. The van der Waals surface area contributed by atoms with E-state index in [2.05, 4.69) is 6.92 Å². The number of hydrogen-bond donors (Lipinski definition) is 0. The van der Waals surface area contributed by atoms with E-state index in [4.69, 9.17) is 0 Å². The second-order valence-corrected chi connectivity index (χ2v) is 6.20. The molecule has 2 aromatic carbocycles. The number of hydrogen-bond acceptors (Lipinski definition) is 3. The van der Waals surface area contributed by atoms with E-state index in [1.54, 1.807) is 48.5 Å². The predicted molar refractivity (Wildman–Crippen MR) is 97.6 cm³/mol. The number of unbranched alkanes of at least 4 members (excludes halogenated alkanes) is 2. The molecule has 25 heavy (non-hydrogen) atoms. The second-order valence-electron chi connectivity index (χ2n) is 6.20. The van der Waals surface area contributed by atoms with Crippen LogP contribution in [0.3, 0.4) is 0 Å². The van der Waals surface area contributed by atoms with Crippen LogP contribution in [0.5, 0.6) is 0 Å². The van der Waals surface area contributed by atoms with E-state index < -0.39 is 0 Å². The van der Waals surface area contributed by atoms with E-state index in [1.165, 1.54) is 0 Å². The van der Waals surface area contributed by atoms with Crippen LogP contribution in [-0.2, 0) is 4.79 Å². The fourth-order valence-electron chi connectivity index (χ4n) is 3.18. The number of rotatable bonds is 6. The number of ketones is 3. The predicted octanol–water partition coefficient (Wildman–Crippen LogP) is 4.67. The zero-order valence-electron chi connectivity index (χ0n) is 14.2. The van der Waals surface area contributed by atoms with Crippen LogP contribution in [0.2, 0.25) is 0 Å². The number of fused-ring (bicyclic) bond motifs is 1. The van der Waals surface area contributed by atoms with E-state index in [9.17, 15) is 14.4 Å². The molecule has 0 fully saturated rings. The molecule has 0 aliphatic heterocycles. The molecule has 3 rings (SSSR count). The Balaban J connectivity index is 2.14. The molecule has 0 N–H and O–H groups in total. The maximum atomic E-state index is 13.0. The van der Waals surface area contributed by atoms with Gasteiger partial charge in [0, 0.05) is 23.1 Å². The normalized spacial score (nSPS) is 13.8. The molecule has 0 atom stereocenters. The molecule has 0 radical (unpaired) electrons. The molecule has 0 heterocycles. The van der Waals surface area contributed by atoms with Crippen molar-refractivity contribution in [2.75, 3.05) is 0 Å². The van der Waals surface area contributed by atoms with E-state index in [-0.39, 0.29) is 28.5 Å². The van der Waals surface area contributed by atoms with Crippen molar-refractivity contribution in [2.24, 2.45) is 0 Å². The largest absolute Gasteiger partial charge is 0.294 e. The van der Waals surface area contributed by atoms with Crippen LogP contribution in [-0.4, -0.2) is 17.3 Å². The molecular weight excluding hydrogens is 312 g/mol. The lowest BCUT2D eigenvalue weighted by Gasteiger charge is -2.20. The van der Waals surface area contributed by atoms with Gasteiger partial charge in [0.05, 0.1) is 5.57 Å². The molecule has 0 bridgehead atoms. The number of Topliss-reactive ketones (excluding diaryl/α,β-unsaturated/α-hetero) is 3. The topological polar surface area (TPSA) is 51.2 Å². The Hall–Kier alpha value is -2.81. The molecule has 0 spiro atoms. The maximum Gasteiger partial charge on any atom is 0.198 e. The summed E-state index contributed by atoms with van der Waals surface area (Å²) < 4.78 is 0. The third-order valence-corrected chi connectivity index (χ3v) is 4.47. The summed E-state index contributed by atoms with van der Waals surface area (Å²) in [5.41, 5.74) is 1.61. The van der Waals surface area contributed by atoms with Gasteiger partial charge in [-0.2, -0.15) is 0 Å². The summed E-state index contributed by atoms with van der Waals surface area (Å²) in [6.45, 7) is 2.06. The van der Waals surface area contributed by atoms with E-state index in [0.717, 1.165) is 19.3 Å². The number of carbonyl (C=O) groups excluding carboxylic acids is 3. The van der Waals surface area contributed by atoms with Crippen molar-refractivity contribution in [3.8, 4) is 0 Å². The summed E-state index contributed by atoms with van der Waals surface area (Å²) >= 11 is 0. The van der Waals surface area contributed by atoms with Crippen molar-refractivity contribution in [1.29, 1.82) is 0 Å². The van der Waals surface area contributed by atoms with Crippen molar-refractivity contribution in [1.82, 2.24) is 0 Å². The SMILES string of the molecule is CCCCCC(=O)C1=C(c2ccccc2)C(=O)c2ccccc2C1=O. The highest BCUT2D eigenvalue weighted by molar-refractivity contribution is 6.47. The van der Waals surface area contributed by atoms with Crippen molar-refractivity contribution < 1.29 is 14.4 Å². The Morgan fingerprint density at radius 2 is 1.40 bits per heavy atom. The van der Waals surface area contributed by atoms with Gasteiger partial charge in [0.2, 0.25) is 0 Å². The second kappa shape index (κ2) is 7.39. The highest BCUT2D eigenvalue weighted by Gasteiger charge is 2.35. The molecule has 3 heteroatoms. The number of benzene rings is 2. The molecular formula is C22H20O3. The van der Waals surface area contributed by atoms with Gasteiger partial charge in [-0.3, -0.25) is 14.4 Å². The van der Waals surface area contributed by atoms with Crippen LogP contribution < -0.4 is 0 Å². The molecule has 2 aromatic rings. The number of carbonyl (C=O) groups is 3. The summed E-state index contributed by atoms with van der Waals surface area (Å²) in [5, 5.41) is 0. The van der Waals surface area contributed by atoms with Gasteiger partial charge in [-0.05, 0) is 12.0 Å². The van der Waals surface area contributed by atoms with Gasteiger partial charge >= 0.3 is 0 Å².